The highest BCUT2D eigenvalue weighted by Crippen LogP contribution is 2.26. The fourth-order valence-electron chi connectivity index (χ4n) is 2.43. The average molecular weight is 296 g/mol. The zero-order valence-electron chi connectivity index (χ0n) is 13.0. The number of carbonyl (C=O) groups excluding carboxylic acids is 1. The van der Waals surface area contributed by atoms with E-state index in [4.69, 9.17) is 14.0 Å². The maximum absolute atomic E-state index is 11.8. The second kappa shape index (κ2) is 7.59. The Labute approximate surface area is 125 Å². The van der Waals surface area contributed by atoms with Gasteiger partial charge in [-0.15, -0.1) is 0 Å². The summed E-state index contributed by atoms with van der Waals surface area (Å²) in [7, 11) is 3.11. The number of ether oxygens (including phenoxy) is 1. The number of rotatable bonds is 6. The van der Waals surface area contributed by atoms with Crippen molar-refractivity contribution in [2.45, 2.75) is 25.8 Å². The lowest BCUT2D eigenvalue weighted by Crippen LogP contribution is -2.41. The maximum atomic E-state index is 11.8. The zero-order chi connectivity index (χ0) is 15.2. The summed E-state index contributed by atoms with van der Waals surface area (Å²) in [6.45, 7) is 4.83. The number of amides is 1. The summed E-state index contributed by atoms with van der Waals surface area (Å²) in [5.41, 5.74) is 0. The Morgan fingerprint density at radius 3 is 3.00 bits per heavy atom. The van der Waals surface area contributed by atoms with Gasteiger partial charge in [0.1, 0.15) is 11.5 Å². The van der Waals surface area contributed by atoms with E-state index in [1.807, 2.05) is 12.1 Å². The number of carbonyl (C=O) groups is 1. The lowest BCUT2D eigenvalue weighted by Gasteiger charge is -2.34. The molecule has 1 fully saturated rings. The topological polar surface area (TPSA) is 55.2 Å². The summed E-state index contributed by atoms with van der Waals surface area (Å²) in [6, 6.07) is 4.10. The maximum Gasteiger partial charge on any atom is 0.247 e. The van der Waals surface area contributed by atoms with E-state index in [2.05, 4.69) is 11.8 Å². The number of hydrogen-bond donors (Lipinski definition) is 0. The Balaban J connectivity index is 1.97. The Morgan fingerprint density at radius 1 is 1.52 bits per heavy atom. The molecule has 1 aliphatic heterocycles. The fraction of sp³-hybridized carbons (Fsp3) is 0.667. The van der Waals surface area contributed by atoms with Crippen LogP contribution in [0.25, 0.3) is 0 Å². The first-order valence-electron chi connectivity index (χ1n) is 7.36. The second-order valence-corrected chi connectivity index (χ2v) is 5.11. The van der Waals surface area contributed by atoms with Crippen molar-refractivity contribution in [1.82, 2.24) is 9.96 Å². The van der Waals surface area contributed by atoms with Gasteiger partial charge in [-0.25, -0.2) is 5.06 Å². The highest BCUT2D eigenvalue weighted by atomic mass is 16.7. The fourth-order valence-corrected chi connectivity index (χ4v) is 2.43. The second-order valence-electron chi connectivity index (χ2n) is 5.11. The summed E-state index contributed by atoms with van der Waals surface area (Å²) in [6.07, 6.45) is 1.30. The van der Waals surface area contributed by atoms with Crippen LogP contribution >= 0.6 is 0 Å². The Bertz CT molecular complexity index is 460. The number of hydroxylamine groups is 2. The van der Waals surface area contributed by atoms with E-state index in [-0.39, 0.29) is 11.9 Å². The molecule has 0 N–H and O–H groups in total. The van der Waals surface area contributed by atoms with Crippen molar-refractivity contribution in [1.29, 1.82) is 0 Å². The molecule has 1 aliphatic rings. The molecular formula is C15H24N2O4. The molecule has 0 aliphatic carbocycles. The first kappa shape index (κ1) is 16.0. The van der Waals surface area contributed by atoms with Crippen molar-refractivity contribution in [2.24, 2.45) is 0 Å². The lowest BCUT2D eigenvalue weighted by atomic mass is 10.1. The van der Waals surface area contributed by atoms with E-state index in [1.165, 1.54) is 12.2 Å². The summed E-state index contributed by atoms with van der Waals surface area (Å²) >= 11 is 0. The molecule has 1 amide bonds. The minimum Gasteiger partial charge on any atom is -0.464 e. The summed E-state index contributed by atoms with van der Waals surface area (Å²) in [4.78, 5) is 19.0. The molecule has 1 aromatic rings. The van der Waals surface area contributed by atoms with E-state index in [0.717, 1.165) is 24.5 Å². The van der Waals surface area contributed by atoms with Crippen molar-refractivity contribution in [2.75, 3.05) is 40.5 Å². The lowest BCUT2D eigenvalue weighted by molar-refractivity contribution is -0.169. The van der Waals surface area contributed by atoms with Crippen LogP contribution in [0.4, 0.5) is 0 Å². The number of hydrogen-bond acceptors (Lipinski definition) is 5. The smallest absolute Gasteiger partial charge is 0.247 e. The van der Waals surface area contributed by atoms with Crippen LogP contribution in [0.5, 0.6) is 0 Å². The first-order valence-corrected chi connectivity index (χ1v) is 7.36. The number of nitrogens with zero attached hydrogens (tertiary/aromatic N) is 2. The van der Waals surface area contributed by atoms with E-state index < -0.39 is 0 Å². The van der Waals surface area contributed by atoms with Gasteiger partial charge < -0.3 is 9.15 Å². The third-order valence-electron chi connectivity index (χ3n) is 3.84. The zero-order valence-corrected chi connectivity index (χ0v) is 13.0. The number of aryl methyl sites for hydroxylation is 1. The normalized spacial score (nSPS) is 19.7. The van der Waals surface area contributed by atoms with Gasteiger partial charge in [-0.3, -0.25) is 14.5 Å². The molecule has 1 atom stereocenters. The largest absolute Gasteiger partial charge is 0.464 e. The van der Waals surface area contributed by atoms with Crippen LogP contribution in [0.15, 0.2) is 16.5 Å². The first-order chi connectivity index (χ1) is 10.2. The van der Waals surface area contributed by atoms with Crippen LogP contribution in [-0.2, 0) is 20.8 Å². The summed E-state index contributed by atoms with van der Waals surface area (Å²) in [5.74, 6) is 1.86. The monoisotopic (exact) mass is 296 g/mol. The van der Waals surface area contributed by atoms with Crippen LogP contribution in [0.3, 0.4) is 0 Å². The summed E-state index contributed by atoms with van der Waals surface area (Å²) in [5, 5.41) is 1.26. The summed E-state index contributed by atoms with van der Waals surface area (Å²) < 4.78 is 11.4. The van der Waals surface area contributed by atoms with Gasteiger partial charge >= 0.3 is 0 Å². The van der Waals surface area contributed by atoms with Crippen LogP contribution in [0.1, 0.15) is 30.9 Å². The molecule has 1 saturated heterocycles. The van der Waals surface area contributed by atoms with Gasteiger partial charge in [0.25, 0.3) is 0 Å². The molecule has 118 valence electrons. The predicted octanol–water partition coefficient (Wildman–Crippen LogP) is 1.63. The highest BCUT2D eigenvalue weighted by molar-refractivity contribution is 5.74. The quantitative estimate of drug-likeness (QED) is 0.747. The molecular weight excluding hydrogens is 272 g/mol. The van der Waals surface area contributed by atoms with Crippen LogP contribution in [0.2, 0.25) is 0 Å². The molecule has 1 unspecified atom stereocenters. The minimum atomic E-state index is -0.0311. The SMILES string of the molecule is CCc1ccc(C2COCCN2CCC(=O)N(C)OC)o1. The van der Waals surface area contributed by atoms with E-state index in [0.29, 0.717) is 26.2 Å². The van der Waals surface area contributed by atoms with Crippen LogP contribution < -0.4 is 0 Å². The molecule has 1 aromatic heterocycles. The van der Waals surface area contributed by atoms with Crippen LogP contribution in [-0.4, -0.2) is 56.3 Å². The molecule has 0 aromatic carbocycles. The Morgan fingerprint density at radius 2 is 2.33 bits per heavy atom. The van der Waals surface area contributed by atoms with Crippen molar-refractivity contribution in [3.05, 3.63) is 23.7 Å². The molecule has 6 heteroatoms. The van der Waals surface area contributed by atoms with Crippen molar-refractivity contribution < 1.29 is 18.8 Å². The number of furan rings is 1. The molecule has 21 heavy (non-hydrogen) atoms. The van der Waals surface area contributed by atoms with Crippen molar-refractivity contribution >= 4 is 5.91 Å². The standard InChI is InChI=1S/C15H24N2O4/c1-4-12-5-6-14(21-12)13-11-20-10-9-17(13)8-7-15(18)16(2)19-3/h5-6,13H,4,7-11H2,1-3H3. The van der Waals surface area contributed by atoms with Gasteiger partial charge in [-0.05, 0) is 12.1 Å². The highest BCUT2D eigenvalue weighted by Gasteiger charge is 2.27. The van der Waals surface area contributed by atoms with Gasteiger partial charge in [-0.2, -0.15) is 0 Å². The van der Waals surface area contributed by atoms with Gasteiger partial charge in [0.15, 0.2) is 0 Å². The van der Waals surface area contributed by atoms with Gasteiger partial charge in [0.05, 0.1) is 26.4 Å². The molecule has 2 rings (SSSR count). The molecule has 0 radical (unpaired) electrons. The van der Waals surface area contributed by atoms with Gasteiger partial charge in [0, 0.05) is 33.0 Å². The Hall–Kier alpha value is -1.37. The van der Waals surface area contributed by atoms with Crippen molar-refractivity contribution in [3.8, 4) is 0 Å². The molecule has 0 spiro atoms. The minimum absolute atomic E-state index is 0.0311. The average Bonchev–Trinajstić information content (AvgIpc) is 3.00. The molecule has 0 saturated carbocycles. The third kappa shape index (κ3) is 4.06. The van der Waals surface area contributed by atoms with Crippen molar-refractivity contribution in [3.63, 3.8) is 0 Å². The van der Waals surface area contributed by atoms with Gasteiger partial charge in [-0.1, -0.05) is 6.92 Å². The molecule has 0 bridgehead atoms. The predicted molar refractivity (Wildman–Crippen MR) is 77.6 cm³/mol. The van der Waals surface area contributed by atoms with Crippen LogP contribution in [0, 0.1) is 0 Å². The van der Waals surface area contributed by atoms with Gasteiger partial charge in [0.2, 0.25) is 5.91 Å². The van der Waals surface area contributed by atoms with E-state index in [9.17, 15) is 4.79 Å². The third-order valence-corrected chi connectivity index (χ3v) is 3.84. The molecule has 6 nitrogen and oxygen atoms in total. The van der Waals surface area contributed by atoms with E-state index >= 15 is 0 Å². The van der Waals surface area contributed by atoms with E-state index in [1.54, 1.807) is 7.05 Å². The Kier molecular flexibility index (Phi) is 5.78. The molecule has 2 heterocycles. The number of morpholine rings is 1.